The van der Waals surface area contributed by atoms with Gasteiger partial charge < -0.3 is 5.32 Å². The molecular formula is C16H15F3N2O3S2. The van der Waals surface area contributed by atoms with Crippen molar-refractivity contribution in [2.75, 3.05) is 13.1 Å². The van der Waals surface area contributed by atoms with Gasteiger partial charge in [-0.2, -0.15) is 4.31 Å². The molecule has 140 valence electrons. The summed E-state index contributed by atoms with van der Waals surface area (Å²) in [6.45, 7) is 0.400. The molecular weight excluding hydrogens is 389 g/mol. The van der Waals surface area contributed by atoms with Crippen molar-refractivity contribution in [2.45, 2.75) is 23.1 Å². The number of carbonyl (C=O) groups is 1. The molecule has 1 fully saturated rings. The molecule has 1 amide bonds. The van der Waals surface area contributed by atoms with E-state index < -0.39 is 38.9 Å². The highest BCUT2D eigenvalue weighted by Gasteiger charge is 2.31. The van der Waals surface area contributed by atoms with Crippen molar-refractivity contribution in [3.8, 4) is 0 Å². The second kappa shape index (κ2) is 7.37. The van der Waals surface area contributed by atoms with Crippen molar-refractivity contribution < 1.29 is 26.4 Å². The van der Waals surface area contributed by atoms with Gasteiger partial charge in [0, 0.05) is 19.1 Å². The minimum Gasteiger partial charge on any atom is -0.349 e. The van der Waals surface area contributed by atoms with Crippen LogP contribution in [-0.2, 0) is 10.0 Å². The molecule has 1 aliphatic rings. The third-order valence-electron chi connectivity index (χ3n) is 4.16. The Labute approximate surface area is 152 Å². The number of piperidine rings is 1. The van der Waals surface area contributed by atoms with Gasteiger partial charge in [0.15, 0.2) is 17.5 Å². The average Bonchev–Trinajstić information content (AvgIpc) is 3.15. The number of thiophene rings is 1. The van der Waals surface area contributed by atoms with Crippen LogP contribution >= 0.6 is 11.3 Å². The summed E-state index contributed by atoms with van der Waals surface area (Å²) < 4.78 is 66.3. The van der Waals surface area contributed by atoms with E-state index in [9.17, 15) is 26.4 Å². The van der Waals surface area contributed by atoms with Crippen LogP contribution < -0.4 is 5.32 Å². The van der Waals surface area contributed by atoms with Crippen molar-refractivity contribution in [3.63, 3.8) is 0 Å². The van der Waals surface area contributed by atoms with E-state index in [1.54, 1.807) is 11.4 Å². The third-order valence-corrected chi connectivity index (χ3v) is 7.43. The molecule has 5 nitrogen and oxygen atoms in total. The number of amides is 1. The highest BCUT2D eigenvalue weighted by atomic mass is 32.2. The van der Waals surface area contributed by atoms with Crippen LogP contribution in [0, 0.1) is 17.5 Å². The number of halogens is 3. The van der Waals surface area contributed by atoms with E-state index in [0.717, 1.165) is 17.4 Å². The highest BCUT2D eigenvalue weighted by molar-refractivity contribution is 7.91. The summed E-state index contributed by atoms with van der Waals surface area (Å²) in [6, 6.07) is 4.36. The molecule has 10 heteroatoms. The van der Waals surface area contributed by atoms with Gasteiger partial charge in [-0.3, -0.25) is 4.79 Å². The fourth-order valence-corrected chi connectivity index (χ4v) is 5.36. The zero-order chi connectivity index (χ0) is 18.9. The average molecular weight is 404 g/mol. The molecule has 0 atom stereocenters. The maximum Gasteiger partial charge on any atom is 0.254 e. The first-order chi connectivity index (χ1) is 12.3. The quantitative estimate of drug-likeness (QED) is 0.797. The summed E-state index contributed by atoms with van der Waals surface area (Å²) in [6.07, 6.45) is 0.670. The number of sulfonamides is 1. The van der Waals surface area contributed by atoms with E-state index in [0.29, 0.717) is 18.9 Å². The van der Waals surface area contributed by atoms with Gasteiger partial charge in [-0.05, 0) is 36.4 Å². The Bertz CT molecular complexity index is 909. The maximum absolute atomic E-state index is 13.7. The number of benzene rings is 1. The zero-order valence-electron chi connectivity index (χ0n) is 13.4. The number of nitrogens with zero attached hydrogens (tertiary/aromatic N) is 1. The predicted molar refractivity (Wildman–Crippen MR) is 89.9 cm³/mol. The molecule has 0 unspecified atom stereocenters. The number of hydrogen-bond donors (Lipinski definition) is 1. The standard InChI is InChI=1S/C16H15F3N2O3S2/c17-12-4-3-11(14(18)15(12)19)16(22)20-10-5-7-21(8-6-10)26(23,24)13-2-1-9-25-13/h1-4,9-10H,5-8H2,(H,20,22). The first-order valence-electron chi connectivity index (χ1n) is 7.78. The van der Waals surface area contributed by atoms with E-state index >= 15 is 0 Å². The van der Waals surface area contributed by atoms with Gasteiger partial charge in [0.25, 0.3) is 15.9 Å². The van der Waals surface area contributed by atoms with Crippen LogP contribution in [0.4, 0.5) is 13.2 Å². The van der Waals surface area contributed by atoms with Gasteiger partial charge >= 0.3 is 0 Å². The number of rotatable bonds is 4. The Kier molecular flexibility index (Phi) is 5.35. The van der Waals surface area contributed by atoms with Crippen LogP contribution in [0.2, 0.25) is 0 Å². The second-order valence-electron chi connectivity index (χ2n) is 5.81. The molecule has 2 heterocycles. The largest absolute Gasteiger partial charge is 0.349 e. The van der Waals surface area contributed by atoms with Crippen LogP contribution in [-0.4, -0.2) is 37.8 Å². The van der Waals surface area contributed by atoms with Gasteiger partial charge in [0.05, 0.1) is 5.56 Å². The molecule has 1 aromatic carbocycles. The molecule has 1 N–H and O–H groups in total. The van der Waals surface area contributed by atoms with Gasteiger partial charge in [0.2, 0.25) is 0 Å². The molecule has 1 saturated heterocycles. The molecule has 0 aliphatic carbocycles. The summed E-state index contributed by atoms with van der Waals surface area (Å²) in [5, 5.41) is 4.22. The summed E-state index contributed by atoms with van der Waals surface area (Å²) >= 11 is 1.13. The lowest BCUT2D eigenvalue weighted by Gasteiger charge is -2.31. The Hall–Kier alpha value is -1.91. The topological polar surface area (TPSA) is 66.5 Å². The fourth-order valence-electron chi connectivity index (χ4n) is 2.74. The van der Waals surface area contributed by atoms with E-state index in [-0.39, 0.29) is 23.3 Å². The summed E-state index contributed by atoms with van der Waals surface area (Å²) in [4.78, 5) is 12.1. The van der Waals surface area contributed by atoms with Crippen molar-refractivity contribution >= 4 is 27.3 Å². The van der Waals surface area contributed by atoms with Crippen LogP contribution in [0.25, 0.3) is 0 Å². The van der Waals surface area contributed by atoms with E-state index in [4.69, 9.17) is 0 Å². The van der Waals surface area contributed by atoms with Gasteiger partial charge in [-0.25, -0.2) is 21.6 Å². The smallest absolute Gasteiger partial charge is 0.254 e. The van der Waals surface area contributed by atoms with Gasteiger partial charge in [-0.1, -0.05) is 6.07 Å². The van der Waals surface area contributed by atoms with Crippen LogP contribution in [0.3, 0.4) is 0 Å². The third kappa shape index (κ3) is 3.62. The summed E-state index contributed by atoms with van der Waals surface area (Å²) in [5.74, 6) is -5.47. The van der Waals surface area contributed by atoms with Gasteiger partial charge in [0.1, 0.15) is 4.21 Å². The Morgan fingerprint density at radius 2 is 1.81 bits per heavy atom. The Morgan fingerprint density at radius 3 is 2.42 bits per heavy atom. The summed E-state index contributed by atoms with van der Waals surface area (Å²) in [7, 11) is -3.55. The lowest BCUT2D eigenvalue weighted by molar-refractivity contribution is 0.0918. The predicted octanol–water partition coefficient (Wildman–Crippen LogP) is 2.75. The van der Waals surface area contributed by atoms with Gasteiger partial charge in [-0.15, -0.1) is 11.3 Å². The normalized spacial score (nSPS) is 16.6. The SMILES string of the molecule is O=C(NC1CCN(S(=O)(=O)c2cccs2)CC1)c1ccc(F)c(F)c1F. The lowest BCUT2D eigenvalue weighted by atomic mass is 10.1. The van der Waals surface area contributed by atoms with Crippen molar-refractivity contribution in [2.24, 2.45) is 0 Å². The van der Waals surface area contributed by atoms with E-state index in [1.807, 2.05) is 0 Å². The molecule has 1 aromatic heterocycles. The minimum absolute atomic E-state index is 0.200. The Balaban J connectivity index is 1.63. The molecule has 0 bridgehead atoms. The molecule has 3 rings (SSSR count). The number of carbonyl (C=O) groups excluding carboxylic acids is 1. The monoisotopic (exact) mass is 404 g/mol. The van der Waals surface area contributed by atoms with Crippen molar-refractivity contribution in [3.05, 3.63) is 52.7 Å². The molecule has 26 heavy (non-hydrogen) atoms. The van der Waals surface area contributed by atoms with E-state index in [1.165, 1.54) is 10.4 Å². The first kappa shape index (κ1) is 18.9. The second-order valence-corrected chi connectivity index (χ2v) is 8.92. The maximum atomic E-state index is 13.7. The number of hydrogen-bond acceptors (Lipinski definition) is 4. The molecule has 2 aromatic rings. The van der Waals surface area contributed by atoms with E-state index in [2.05, 4.69) is 5.32 Å². The summed E-state index contributed by atoms with van der Waals surface area (Å²) in [5.41, 5.74) is -0.586. The molecule has 1 aliphatic heterocycles. The molecule has 0 radical (unpaired) electrons. The Morgan fingerprint density at radius 1 is 1.12 bits per heavy atom. The van der Waals surface area contributed by atoms with Crippen LogP contribution in [0.15, 0.2) is 33.9 Å². The molecule has 0 spiro atoms. The first-order valence-corrected chi connectivity index (χ1v) is 10.1. The lowest BCUT2D eigenvalue weighted by Crippen LogP contribution is -2.46. The van der Waals surface area contributed by atoms with Crippen molar-refractivity contribution in [1.82, 2.24) is 9.62 Å². The van der Waals surface area contributed by atoms with Crippen molar-refractivity contribution in [1.29, 1.82) is 0 Å². The fraction of sp³-hybridized carbons (Fsp3) is 0.312. The number of nitrogens with one attached hydrogen (secondary N) is 1. The van der Waals surface area contributed by atoms with Crippen LogP contribution in [0.5, 0.6) is 0 Å². The molecule has 0 saturated carbocycles. The zero-order valence-corrected chi connectivity index (χ0v) is 15.0. The minimum atomic E-state index is -3.55. The van der Waals surface area contributed by atoms with Crippen LogP contribution in [0.1, 0.15) is 23.2 Å². The highest BCUT2D eigenvalue weighted by Crippen LogP contribution is 2.24.